The lowest BCUT2D eigenvalue weighted by atomic mass is 10.1. The second kappa shape index (κ2) is 5.72. The standard InChI is InChI=1S/C12H15F2NO2/c1-7(2)15-6-11(16)8-4-10(14)12(17-3)5-9(8)13/h4-5,7,15H,6H2,1-3H3. The van der Waals surface area contributed by atoms with E-state index in [0.717, 1.165) is 12.1 Å². The average molecular weight is 243 g/mol. The first-order valence-corrected chi connectivity index (χ1v) is 5.25. The van der Waals surface area contributed by atoms with Crippen molar-refractivity contribution in [3.63, 3.8) is 0 Å². The SMILES string of the molecule is COc1cc(F)c(C(=O)CNC(C)C)cc1F. The lowest BCUT2D eigenvalue weighted by Crippen LogP contribution is -2.29. The smallest absolute Gasteiger partial charge is 0.179 e. The number of halogens is 2. The number of carbonyl (C=O) groups excluding carboxylic acids is 1. The van der Waals surface area contributed by atoms with Crippen molar-refractivity contribution in [2.24, 2.45) is 0 Å². The number of Topliss-reactive ketones (excluding diaryl/α,β-unsaturated/α-hetero) is 1. The molecule has 0 aliphatic rings. The van der Waals surface area contributed by atoms with E-state index in [1.807, 2.05) is 13.8 Å². The van der Waals surface area contributed by atoms with Crippen LogP contribution in [0.15, 0.2) is 12.1 Å². The van der Waals surface area contributed by atoms with Gasteiger partial charge in [0.15, 0.2) is 17.3 Å². The molecule has 0 aliphatic heterocycles. The summed E-state index contributed by atoms with van der Waals surface area (Å²) in [7, 11) is 1.24. The molecule has 0 saturated heterocycles. The van der Waals surface area contributed by atoms with Crippen LogP contribution in [0.4, 0.5) is 8.78 Å². The largest absolute Gasteiger partial charge is 0.494 e. The van der Waals surface area contributed by atoms with E-state index in [0.29, 0.717) is 0 Å². The number of ketones is 1. The highest BCUT2D eigenvalue weighted by Gasteiger charge is 2.16. The van der Waals surface area contributed by atoms with Gasteiger partial charge in [-0.3, -0.25) is 4.79 Å². The fourth-order valence-corrected chi connectivity index (χ4v) is 1.29. The van der Waals surface area contributed by atoms with Gasteiger partial charge >= 0.3 is 0 Å². The second-order valence-corrected chi connectivity index (χ2v) is 3.93. The molecule has 0 unspecified atom stereocenters. The Morgan fingerprint density at radius 3 is 2.53 bits per heavy atom. The molecule has 0 atom stereocenters. The first-order chi connectivity index (χ1) is 7.95. The maximum absolute atomic E-state index is 13.5. The number of ether oxygens (including phenoxy) is 1. The highest BCUT2D eigenvalue weighted by atomic mass is 19.1. The molecule has 0 spiro atoms. The summed E-state index contributed by atoms with van der Waals surface area (Å²) >= 11 is 0. The first kappa shape index (κ1) is 13.6. The molecule has 1 N–H and O–H groups in total. The zero-order valence-electron chi connectivity index (χ0n) is 10.0. The van der Waals surface area contributed by atoms with Gasteiger partial charge < -0.3 is 10.1 Å². The Balaban J connectivity index is 2.91. The average Bonchev–Trinajstić information content (AvgIpc) is 2.28. The van der Waals surface area contributed by atoms with Crippen LogP contribution in [-0.4, -0.2) is 25.5 Å². The van der Waals surface area contributed by atoms with Crippen molar-refractivity contribution in [3.8, 4) is 5.75 Å². The van der Waals surface area contributed by atoms with Gasteiger partial charge in [-0.05, 0) is 6.07 Å². The summed E-state index contributed by atoms with van der Waals surface area (Å²) in [5.41, 5.74) is -0.267. The van der Waals surface area contributed by atoms with Crippen LogP contribution in [0.2, 0.25) is 0 Å². The van der Waals surface area contributed by atoms with Gasteiger partial charge in [0.25, 0.3) is 0 Å². The second-order valence-electron chi connectivity index (χ2n) is 3.93. The highest BCUT2D eigenvalue weighted by Crippen LogP contribution is 2.21. The molecule has 1 rings (SSSR count). The van der Waals surface area contributed by atoms with Crippen molar-refractivity contribution in [2.75, 3.05) is 13.7 Å². The van der Waals surface area contributed by atoms with Gasteiger partial charge in [0.05, 0.1) is 19.2 Å². The maximum atomic E-state index is 13.5. The van der Waals surface area contributed by atoms with Crippen molar-refractivity contribution in [2.45, 2.75) is 19.9 Å². The lowest BCUT2D eigenvalue weighted by molar-refractivity contribution is 0.0984. The fraction of sp³-hybridized carbons (Fsp3) is 0.417. The van der Waals surface area contributed by atoms with Gasteiger partial charge in [0.1, 0.15) is 5.82 Å². The van der Waals surface area contributed by atoms with Crippen LogP contribution in [0.25, 0.3) is 0 Å². The minimum absolute atomic E-state index is 0.0274. The number of carbonyl (C=O) groups is 1. The third-order valence-electron chi connectivity index (χ3n) is 2.21. The summed E-state index contributed by atoms with van der Waals surface area (Å²) in [6.45, 7) is 3.69. The number of hydrogen-bond acceptors (Lipinski definition) is 3. The predicted octanol–water partition coefficient (Wildman–Crippen LogP) is 2.15. The van der Waals surface area contributed by atoms with E-state index in [2.05, 4.69) is 10.1 Å². The molecule has 3 nitrogen and oxygen atoms in total. The minimum Gasteiger partial charge on any atom is -0.494 e. The van der Waals surface area contributed by atoms with Crippen LogP contribution in [0.3, 0.4) is 0 Å². The fourth-order valence-electron chi connectivity index (χ4n) is 1.29. The highest BCUT2D eigenvalue weighted by molar-refractivity contribution is 5.98. The summed E-state index contributed by atoms with van der Waals surface area (Å²) in [6.07, 6.45) is 0. The van der Waals surface area contributed by atoms with Gasteiger partial charge in [-0.2, -0.15) is 0 Å². The van der Waals surface area contributed by atoms with Crippen molar-refractivity contribution in [3.05, 3.63) is 29.3 Å². The van der Waals surface area contributed by atoms with Crippen LogP contribution >= 0.6 is 0 Å². The number of benzene rings is 1. The van der Waals surface area contributed by atoms with Crippen LogP contribution < -0.4 is 10.1 Å². The Morgan fingerprint density at radius 1 is 1.35 bits per heavy atom. The molecular formula is C12H15F2NO2. The molecule has 5 heteroatoms. The Kier molecular flexibility index (Phi) is 4.57. The van der Waals surface area contributed by atoms with Gasteiger partial charge in [-0.1, -0.05) is 13.8 Å². The zero-order valence-corrected chi connectivity index (χ0v) is 10.0. The van der Waals surface area contributed by atoms with E-state index >= 15 is 0 Å². The molecule has 0 amide bonds. The Morgan fingerprint density at radius 2 is 2.00 bits per heavy atom. The third kappa shape index (κ3) is 3.49. The molecule has 0 aliphatic carbocycles. The van der Waals surface area contributed by atoms with E-state index in [1.165, 1.54) is 7.11 Å². The summed E-state index contributed by atoms with van der Waals surface area (Å²) < 4.78 is 31.4. The molecule has 0 saturated carbocycles. The number of hydrogen-bond donors (Lipinski definition) is 1. The van der Waals surface area contributed by atoms with Crippen molar-refractivity contribution >= 4 is 5.78 Å². The van der Waals surface area contributed by atoms with Gasteiger partial charge in [0, 0.05) is 12.1 Å². The molecule has 1 aromatic rings. The lowest BCUT2D eigenvalue weighted by Gasteiger charge is -2.09. The van der Waals surface area contributed by atoms with Crippen molar-refractivity contribution in [1.29, 1.82) is 0 Å². The summed E-state index contributed by atoms with van der Waals surface area (Å²) in [5.74, 6) is -2.23. The molecule has 0 radical (unpaired) electrons. The summed E-state index contributed by atoms with van der Waals surface area (Å²) in [6, 6.07) is 1.83. The van der Waals surface area contributed by atoms with Crippen molar-refractivity contribution < 1.29 is 18.3 Å². The number of rotatable bonds is 5. The number of nitrogens with one attached hydrogen (secondary N) is 1. The zero-order chi connectivity index (χ0) is 13.0. The van der Waals surface area contributed by atoms with E-state index < -0.39 is 17.4 Å². The molecule has 0 heterocycles. The van der Waals surface area contributed by atoms with Gasteiger partial charge in [-0.25, -0.2) is 8.78 Å². The topological polar surface area (TPSA) is 38.3 Å². The quantitative estimate of drug-likeness (QED) is 0.805. The molecule has 94 valence electrons. The molecule has 0 bridgehead atoms. The molecular weight excluding hydrogens is 228 g/mol. The van der Waals surface area contributed by atoms with E-state index in [1.54, 1.807) is 0 Å². The summed E-state index contributed by atoms with van der Waals surface area (Å²) in [4.78, 5) is 11.6. The molecule has 0 fully saturated rings. The van der Waals surface area contributed by atoms with Crippen LogP contribution in [-0.2, 0) is 0 Å². The number of methoxy groups -OCH3 is 1. The normalized spacial score (nSPS) is 10.7. The monoisotopic (exact) mass is 243 g/mol. The van der Waals surface area contributed by atoms with Crippen LogP contribution in [0.5, 0.6) is 5.75 Å². The van der Waals surface area contributed by atoms with E-state index in [-0.39, 0.29) is 23.9 Å². The Labute approximate surface area is 98.8 Å². The minimum atomic E-state index is -0.779. The van der Waals surface area contributed by atoms with E-state index in [4.69, 9.17) is 0 Å². The Hall–Kier alpha value is -1.49. The molecule has 0 aromatic heterocycles. The predicted molar refractivity (Wildman–Crippen MR) is 60.4 cm³/mol. The van der Waals surface area contributed by atoms with Crippen LogP contribution in [0.1, 0.15) is 24.2 Å². The first-order valence-electron chi connectivity index (χ1n) is 5.25. The maximum Gasteiger partial charge on any atom is 0.179 e. The van der Waals surface area contributed by atoms with Gasteiger partial charge in [0.2, 0.25) is 0 Å². The van der Waals surface area contributed by atoms with Crippen LogP contribution in [0, 0.1) is 11.6 Å². The van der Waals surface area contributed by atoms with Crippen molar-refractivity contribution in [1.82, 2.24) is 5.32 Å². The molecule has 17 heavy (non-hydrogen) atoms. The van der Waals surface area contributed by atoms with Gasteiger partial charge in [-0.15, -0.1) is 0 Å². The Bertz CT molecular complexity index is 419. The molecule has 1 aromatic carbocycles. The third-order valence-corrected chi connectivity index (χ3v) is 2.21. The van der Waals surface area contributed by atoms with E-state index in [9.17, 15) is 13.6 Å². The summed E-state index contributed by atoms with van der Waals surface area (Å²) in [5, 5.41) is 2.85.